The Balaban J connectivity index is 1.34. The Morgan fingerprint density at radius 1 is 1.09 bits per heavy atom. The molecule has 0 aliphatic heterocycles. The highest BCUT2D eigenvalue weighted by Crippen LogP contribution is 2.25. The lowest BCUT2D eigenvalue weighted by Gasteiger charge is -2.22. The molecule has 0 fully saturated rings. The minimum atomic E-state index is -0.859. The van der Waals surface area contributed by atoms with E-state index in [0.717, 1.165) is 28.0 Å². The third-order valence-electron chi connectivity index (χ3n) is 5.45. The molecule has 1 N–H and O–H groups in total. The van der Waals surface area contributed by atoms with Crippen LogP contribution in [0.4, 0.5) is 23.7 Å². The summed E-state index contributed by atoms with van der Waals surface area (Å²) in [6.07, 6.45) is 3.87. The van der Waals surface area contributed by atoms with Crippen LogP contribution in [0.5, 0.6) is 0 Å². The number of halogens is 3. The van der Waals surface area contributed by atoms with E-state index >= 15 is 0 Å². The van der Waals surface area contributed by atoms with Crippen molar-refractivity contribution >= 4 is 28.0 Å². The molecule has 178 valence electrons. The molecule has 0 spiro atoms. The summed E-state index contributed by atoms with van der Waals surface area (Å²) in [6, 6.07) is 12.0. The summed E-state index contributed by atoms with van der Waals surface area (Å²) in [4.78, 5) is 19.9. The van der Waals surface area contributed by atoms with Crippen LogP contribution >= 0.6 is 11.3 Å². The van der Waals surface area contributed by atoms with Gasteiger partial charge >= 0.3 is 6.03 Å². The number of thiazole rings is 1. The zero-order chi connectivity index (χ0) is 24.4. The molecule has 0 unspecified atom stereocenters. The Kier molecular flexibility index (Phi) is 6.28. The normalized spacial score (nSPS) is 11.2. The van der Waals surface area contributed by atoms with Crippen LogP contribution in [-0.4, -0.2) is 26.9 Å². The number of carbonyl (C=O) groups is 1. The first-order chi connectivity index (χ1) is 17.0. The molecular weight excluding hydrogens is 477 g/mol. The van der Waals surface area contributed by atoms with Gasteiger partial charge in [-0.05, 0) is 48.5 Å². The average molecular weight is 497 g/mol. The van der Waals surface area contributed by atoms with Gasteiger partial charge in [0.05, 0.1) is 24.2 Å². The largest absolute Gasteiger partial charge is 0.467 e. The Bertz CT molecular complexity index is 1460. The number of hydrogen-bond donors (Lipinski definition) is 1. The van der Waals surface area contributed by atoms with Gasteiger partial charge in [-0.15, -0.1) is 11.3 Å². The average Bonchev–Trinajstić information content (AvgIpc) is 3.57. The third kappa shape index (κ3) is 5.07. The Morgan fingerprint density at radius 2 is 1.89 bits per heavy atom. The van der Waals surface area contributed by atoms with Crippen LogP contribution in [-0.2, 0) is 13.0 Å². The minimum absolute atomic E-state index is 0.114. The molecule has 2 amide bonds. The predicted octanol–water partition coefficient (Wildman–Crippen LogP) is 6.35. The number of imidazole rings is 1. The highest BCUT2D eigenvalue weighted by atomic mass is 32.1. The number of nitrogens with one attached hydrogen (secondary N) is 1. The maximum absolute atomic E-state index is 14.1. The smallest absolute Gasteiger partial charge is 0.322 e. The van der Waals surface area contributed by atoms with E-state index in [-0.39, 0.29) is 18.0 Å². The lowest BCUT2D eigenvalue weighted by molar-refractivity contribution is 0.204. The van der Waals surface area contributed by atoms with Gasteiger partial charge in [-0.2, -0.15) is 0 Å². The number of fused-ring (bicyclic) bond motifs is 1. The molecule has 5 aromatic rings. The van der Waals surface area contributed by atoms with Crippen molar-refractivity contribution in [2.24, 2.45) is 0 Å². The van der Waals surface area contributed by atoms with E-state index < -0.39 is 17.7 Å². The first-order valence-electron chi connectivity index (χ1n) is 10.7. The number of nitrogens with zero attached hydrogens (tertiary/aromatic N) is 3. The number of urea groups is 1. The topological polar surface area (TPSA) is 62.8 Å². The van der Waals surface area contributed by atoms with Gasteiger partial charge in [0.25, 0.3) is 0 Å². The van der Waals surface area contributed by atoms with Gasteiger partial charge in [0, 0.05) is 41.9 Å². The molecular formula is C25H19F3N4O2S. The highest BCUT2D eigenvalue weighted by molar-refractivity contribution is 7.15. The Hall–Kier alpha value is -4.05. The third-order valence-corrected chi connectivity index (χ3v) is 6.34. The lowest BCUT2D eigenvalue weighted by atomic mass is 10.2. The molecule has 0 saturated heterocycles. The fourth-order valence-electron chi connectivity index (χ4n) is 3.65. The molecule has 5 rings (SSSR count). The molecule has 0 radical (unpaired) electrons. The van der Waals surface area contributed by atoms with Gasteiger partial charge in [0.2, 0.25) is 0 Å². The van der Waals surface area contributed by atoms with E-state index in [4.69, 9.17) is 4.42 Å². The maximum Gasteiger partial charge on any atom is 0.322 e. The maximum atomic E-state index is 14.1. The van der Waals surface area contributed by atoms with Gasteiger partial charge in [0.15, 0.2) is 4.96 Å². The summed E-state index contributed by atoms with van der Waals surface area (Å²) < 4.78 is 47.9. The Morgan fingerprint density at radius 3 is 2.63 bits per heavy atom. The van der Waals surface area contributed by atoms with Crippen molar-refractivity contribution < 1.29 is 22.4 Å². The molecule has 3 heterocycles. The van der Waals surface area contributed by atoms with Gasteiger partial charge in [-0.3, -0.25) is 4.40 Å². The molecule has 0 atom stereocenters. The van der Waals surface area contributed by atoms with Gasteiger partial charge in [-0.25, -0.2) is 22.9 Å². The molecule has 10 heteroatoms. The van der Waals surface area contributed by atoms with Crippen LogP contribution < -0.4 is 5.32 Å². The first-order valence-corrected chi connectivity index (χ1v) is 11.6. The van der Waals surface area contributed by atoms with Gasteiger partial charge < -0.3 is 14.6 Å². The zero-order valence-corrected chi connectivity index (χ0v) is 19.1. The molecule has 0 saturated carbocycles. The number of aromatic nitrogens is 2. The predicted molar refractivity (Wildman–Crippen MR) is 127 cm³/mol. The van der Waals surface area contributed by atoms with Crippen LogP contribution in [0.15, 0.2) is 76.9 Å². The number of anilines is 1. The second-order valence-corrected chi connectivity index (χ2v) is 8.65. The molecule has 3 aromatic heterocycles. The van der Waals surface area contributed by atoms with Crippen molar-refractivity contribution in [1.82, 2.24) is 14.3 Å². The summed E-state index contributed by atoms with van der Waals surface area (Å²) in [7, 11) is 0. The summed E-state index contributed by atoms with van der Waals surface area (Å²) in [6.45, 7) is 0.463. The SMILES string of the molecule is O=C(Nc1ccc(F)cc1F)N(CCc1csc2nc(-c3ccc(F)cc3)cn12)Cc1ccco1. The van der Waals surface area contributed by atoms with Crippen molar-refractivity contribution in [2.45, 2.75) is 13.0 Å². The van der Waals surface area contributed by atoms with Crippen LogP contribution in [0.1, 0.15) is 11.5 Å². The Labute approximate surface area is 202 Å². The van der Waals surface area contributed by atoms with E-state index in [1.807, 2.05) is 16.0 Å². The van der Waals surface area contributed by atoms with E-state index in [9.17, 15) is 18.0 Å². The van der Waals surface area contributed by atoms with E-state index in [0.29, 0.717) is 24.8 Å². The molecule has 0 aliphatic rings. The fraction of sp³-hybridized carbons (Fsp3) is 0.120. The van der Waals surface area contributed by atoms with Crippen LogP contribution in [0.25, 0.3) is 16.2 Å². The van der Waals surface area contributed by atoms with Crippen molar-refractivity contribution in [3.05, 3.63) is 101 Å². The zero-order valence-electron chi connectivity index (χ0n) is 18.2. The molecule has 6 nitrogen and oxygen atoms in total. The van der Waals surface area contributed by atoms with Crippen molar-refractivity contribution in [2.75, 3.05) is 11.9 Å². The fourth-order valence-corrected chi connectivity index (χ4v) is 4.55. The van der Waals surface area contributed by atoms with E-state index in [2.05, 4.69) is 10.3 Å². The van der Waals surface area contributed by atoms with Crippen LogP contribution in [0.3, 0.4) is 0 Å². The number of carbonyl (C=O) groups excluding carboxylic acids is 1. The quantitative estimate of drug-likeness (QED) is 0.286. The van der Waals surface area contributed by atoms with Crippen LogP contribution in [0.2, 0.25) is 0 Å². The minimum Gasteiger partial charge on any atom is -0.467 e. The molecule has 0 aliphatic carbocycles. The second kappa shape index (κ2) is 9.67. The molecule has 2 aromatic carbocycles. The lowest BCUT2D eigenvalue weighted by Crippen LogP contribution is -2.36. The number of rotatable bonds is 7. The summed E-state index contributed by atoms with van der Waals surface area (Å²) in [5, 5.41) is 4.46. The summed E-state index contributed by atoms with van der Waals surface area (Å²) in [5.41, 5.74) is 2.33. The monoisotopic (exact) mass is 496 g/mol. The highest BCUT2D eigenvalue weighted by Gasteiger charge is 2.19. The number of furan rings is 1. The molecule has 0 bridgehead atoms. The standard InChI is InChI=1S/C25H19F3N4O2S/c26-17-5-3-16(4-6-17)23-14-32-19(15-35-25(32)30-23)9-10-31(13-20-2-1-11-34-20)24(33)29-22-8-7-18(27)12-21(22)28/h1-8,11-12,14-15H,9-10,13H2,(H,29,33). The number of amides is 2. The van der Waals surface area contributed by atoms with Gasteiger partial charge in [-0.1, -0.05) is 0 Å². The van der Waals surface area contributed by atoms with E-state index in [1.54, 1.807) is 24.3 Å². The molecule has 35 heavy (non-hydrogen) atoms. The van der Waals surface area contributed by atoms with Crippen molar-refractivity contribution in [3.63, 3.8) is 0 Å². The van der Waals surface area contributed by atoms with E-state index in [1.165, 1.54) is 40.7 Å². The van der Waals surface area contributed by atoms with Crippen molar-refractivity contribution in [3.8, 4) is 11.3 Å². The van der Waals surface area contributed by atoms with Crippen molar-refractivity contribution in [1.29, 1.82) is 0 Å². The number of benzene rings is 2. The van der Waals surface area contributed by atoms with Crippen LogP contribution in [0, 0.1) is 17.5 Å². The summed E-state index contributed by atoms with van der Waals surface area (Å²) >= 11 is 1.46. The summed E-state index contributed by atoms with van der Waals surface area (Å²) in [5.74, 6) is -1.33. The first kappa shape index (κ1) is 22.7. The second-order valence-electron chi connectivity index (χ2n) is 7.82. The van der Waals surface area contributed by atoms with Gasteiger partial charge in [0.1, 0.15) is 23.2 Å². The number of hydrogen-bond acceptors (Lipinski definition) is 4.